The van der Waals surface area contributed by atoms with Crippen molar-refractivity contribution >= 4 is 28.8 Å². The summed E-state index contributed by atoms with van der Waals surface area (Å²) in [4.78, 5) is 36.5. The summed E-state index contributed by atoms with van der Waals surface area (Å²) in [7, 11) is 1.29. The summed E-state index contributed by atoms with van der Waals surface area (Å²) >= 11 is 1.11. The van der Waals surface area contributed by atoms with E-state index in [2.05, 4.69) is 5.32 Å². The molecule has 0 spiro atoms. The van der Waals surface area contributed by atoms with Gasteiger partial charge in [-0.15, -0.1) is 0 Å². The zero-order valence-electron chi connectivity index (χ0n) is 15.4. The molecule has 0 radical (unpaired) electrons. The number of amides is 1. The lowest BCUT2D eigenvalue weighted by Crippen LogP contribution is -2.40. The van der Waals surface area contributed by atoms with Gasteiger partial charge in [0.25, 0.3) is 0 Å². The molecule has 0 aliphatic rings. The standard InChI is InChI=1S/C21H23NO4S/c1-15(23)27-14-18(13-16-9-5-3-6-10-16)20(24)22-19(21(25)26-2)17-11-7-4-8-12-17/h3-12,18-19H,13-14H2,1-2H3,(H,22,24). The number of benzene rings is 2. The molecule has 2 aromatic carbocycles. The van der Waals surface area contributed by atoms with Gasteiger partial charge in [0.05, 0.1) is 13.0 Å². The number of nitrogens with one attached hydrogen (secondary N) is 1. The van der Waals surface area contributed by atoms with E-state index >= 15 is 0 Å². The van der Waals surface area contributed by atoms with E-state index in [9.17, 15) is 14.4 Å². The summed E-state index contributed by atoms with van der Waals surface area (Å²) in [6.07, 6.45) is 0.482. The third kappa shape index (κ3) is 6.57. The molecule has 0 aliphatic carbocycles. The Balaban J connectivity index is 2.18. The van der Waals surface area contributed by atoms with Gasteiger partial charge >= 0.3 is 5.97 Å². The van der Waals surface area contributed by atoms with E-state index < -0.39 is 17.9 Å². The van der Waals surface area contributed by atoms with Crippen LogP contribution in [0.1, 0.15) is 24.1 Å². The number of hydrogen-bond acceptors (Lipinski definition) is 5. The van der Waals surface area contributed by atoms with Crippen LogP contribution in [0.15, 0.2) is 60.7 Å². The summed E-state index contributed by atoms with van der Waals surface area (Å²) in [5, 5.41) is 2.74. The minimum Gasteiger partial charge on any atom is -0.467 e. The van der Waals surface area contributed by atoms with Crippen LogP contribution in [-0.2, 0) is 25.5 Å². The van der Waals surface area contributed by atoms with Crippen LogP contribution in [0, 0.1) is 5.92 Å². The maximum Gasteiger partial charge on any atom is 0.333 e. The average molecular weight is 385 g/mol. The van der Waals surface area contributed by atoms with Crippen LogP contribution in [0.5, 0.6) is 0 Å². The first kappa shape index (κ1) is 20.7. The third-order valence-electron chi connectivity index (χ3n) is 4.04. The molecule has 1 N–H and O–H groups in total. The van der Waals surface area contributed by atoms with Gasteiger partial charge in [-0.1, -0.05) is 72.4 Å². The third-order valence-corrected chi connectivity index (χ3v) is 5.02. The molecule has 1 amide bonds. The lowest BCUT2D eigenvalue weighted by molar-refractivity contribution is -0.145. The van der Waals surface area contributed by atoms with Crippen molar-refractivity contribution in [2.75, 3.05) is 12.9 Å². The molecule has 0 aliphatic heterocycles. The molecule has 2 atom stereocenters. The molecule has 0 aromatic heterocycles. The summed E-state index contributed by atoms with van der Waals surface area (Å²) in [6.45, 7) is 1.48. The highest BCUT2D eigenvalue weighted by molar-refractivity contribution is 8.13. The second-order valence-electron chi connectivity index (χ2n) is 6.06. The predicted octanol–water partition coefficient (Wildman–Crippen LogP) is 3.16. The molecule has 2 rings (SSSR count). The Hall–Kier alpha value is -2.60. The number of thioether (sulfide) groups is 1. The Morgan fingerprint density at radius 2 is 1.59 bits per heavy atom. The zero-order chi connectivity index (χ0) is 19.6. The van der Waals surface area contributed by atoms with Gasteiger partial charge in [0.15, 0.2) is 11.2 Å². The fourth-order valence-corrected chi connectivity index (χ4v) is 3.35. The Bertz CT molecular complexity index is 764. The van der Waals surface area contributed by atoms with Crippen LogP contribution in [-0.4, -0.2) is 29.9 Å². The quantitative estimate of drug-likeness (QED) is 0.707. The Morgan fingerprint density at radius 1 is 1.00 bits per heavy atom. The number of carbonyl (C=O) groups is 3. The highest BCUT2D eigenvalue weighted by atomic mass is 32.2. The first-order valence-corrected chi connectivity index (χ1v) is 9.60. The molecule has 27 heavy (non-hydrogen) atoms. The van der Waals surface area contributed by atoms with Crippen molar-refractivity contribution in [1.29, 1.82) is 0 Å². The molecule has 6 heteroatoms. The highest BCUT2D eigenvalue weighted by Crippen LogP contribution is 2.19. The van der Waals surface area contributed by atoms with E-state index in [4.69, 9.17) is 4.74 Å². The van der Waals surface area contributed by atoms with Gasteiger partial charge in [-0.05, 0) is 17.5 Å². The molecule has 142 valence electrons. The van der Waals surface area contributed by atoms with Crippen molar-refractivity contribution in [2.45, 2.75) is 19.4 Å². The summed E-state index contributed by atoms with van der Waals surface area (Å²) < 4.78 is 4.85. The number of hydrogen-bond donors (Lipinski definition) is 1. The van der Waals surface area contributed by atoms with Gasteiger partial charge in [0, 0.05) is 12.7 Å². The molecule has 0 saturated carbocycles. The normalized spacial score (nSPS) is 12.7. The lowest BCUT2D eigenvalue weighted by Gasteiger charge is -2.21. The van der Waals surface area contributed by atoms with Crippen LogP contribution in [0.4, 0.5) is 0 Å². The Kier molecular flexibility index (Phi) is 8.07. The van der Waals surface area contributed by atoms with Crippen molar-refractivity contribution < 1.29 is 19.1 Å². The largest absolute Gasteiger partial charge is 0.467 e. The molecule has 2 aromatic rings. The van der Waals surface area contributed by atoms with E-state index in [1.54, 1.807) is 24.3 Å². The van der Waals surface area contributed by atoms with Gasteiger partial charge in [0.2, 0.25) is 5.91 Å². The number of rotatable bonds is 8. The Labute approximate surface area is 163 Å². The van der Waals surface area contributed by atoms with Crippen molar-refractivity contribution in [3.63, 3.8) is 0 Å². The monoisotopic (exact) mass is 385 g/mol. The molecule has 0 bridgehead atoms. The molecular formula is C21H23NO4S. The van der Waals surface area contributed by atoms with Gasteiger partial charge < -0.3 is 10.1 Å². The minimum atomic E-state index is -0.885. The van der Waals surface area contributed by atoms with Crippen LogP contribution in [0.25, 0.3) is 0 Å². The number of esters is 1. The molecule has 0 saturated heterocycles. The van der Waals surface area contributed by atoms with Crippen LogP contribution in [0.3, 0.4) is 0 Å². The number of ether oxygens (including phenoxy) is 1. The van der Waals surface area contributed by atoms with Gasteiger partial charge in [-0.25, -0.2) is 4.79 Å². The fraction of sp³-hybridized carbons (Fsp3) is 0.286. The van der Waals surface area contributed by atoms with Crippen LogP contribution < -0.4 is 5.32 Å². The Morgan fingerprint density at radius 3 is 2.15 bits per heavy atom. The average Bonchev–Trinajstić information content (AvgIpc) is 2.69. The van der Waals surface area contributed by atoms with E-state index in [0.29, 0.717) is 17.7 Å². The first-order chi connectivity index (χ1) is 13.0. The maximum atomic E-state index is 12.9. The van der Waals surface area contributed by atoms with Gasteiger partial charge in [-0.3, -0.25) is 9.59 Å². The van der Waals surface area contributed by atoms with Gasteiger partial charge in [-0.2, -0.15) is 0 Å². The lowest BCUT2D eigenvalue weighted by atomic mass is 9.99. The first-order valence-electron chi connectivity index (χ1n) is 8.61. The predicted molar refractivity (Wildman–Crippen MR) is 106 cm³/mol. The second-order valence-corrected chi connectivity index (χ2v) is 7.26. The maximum absolute atomic E-state index is 12.9. The van der Waals surface area contributed by atoms with E-state index in [-0.39, 0.29) is 11.0 Å². The molecule has 0 heterocycles. The molecule has 5 nitrogen and oxygen atoms in total. The van der Waals surface area contributed by atoms with E-state index in [0.717, 1.165) is 17.3 Å². The molecule has 0 fully saturated rings. The topological polar surface area (TPSA) is 72.5 Å². The van der Waals surface area contributed by atoms with Crippen molar-refractivity contribution in [1.82, 2.24) is 5.32 Å². The van der Waals surface area contributed by atoms with E-state index in [1.165, 1.54) is 14.0 Å². The van der Waals surface area contributed by atoms with Crippen LogP contribution >= 0.6 is 11.8 Å². The summed E-state index contributed by atoms with van der Waals surface area (Å²) in [5.74, 6) is -0.921. The molecule has 2 unspecified atom stereocenters. The number of carbonyl (C=O) groups excluding carboxylic acids is 3. The summed E-state index contributed by atoms with van der Waals surface area (Å²) in [5.41, 5.74) is 1.64. The zero-order valence-corrected chi connectivity index (χ0v) is 16.2. The van der Waals surface area contributed by atoms with Crippen LogP contribution in [0.2, 0.25) is 0 Å². The fourth-order valence-electron chi connectivity index (χ4n) is 2.65. The summed E-state index contributed by atoms with van der Waals surface area (Å²) in [6, 6.07) is 17.7. The van der Waals surface area contributed by atoms with Gasteiger partial charge in [0.1, 0.15) is 0 Å². The minimum absolute atomic E-state index is 0.0477. The smallest absolute Gasteiger partial charge is 0.333 e. The van der Waals surface area contributed by atoms with Crippen molar-refractivity contribution in [2.24, 2.45) is 5.92 Å². The van der Waals surface area contributed by atoms with E-state index in [1.807, 2.05) is 36.4 Å². The molecular weight excluding hydrogens is 362 g/mol. The van der Waals surface area contributed by atoms with Crippen molar-refractivity contribution in [3.8, 4) is 0 Å². The second kappa shape index (κ2) is 10.5. The van der Waals surface area contributed by atoms with Crippen molar-refractivity contribution in [3.05, 3.63) is 71.8 Å². The highest BCUT2D eigenvalue weighted by Gasteiger charge is 2.28. The SMILES string of the molecule is COC(=O)C(NC(=O)C(CSC(C)=O)Cc1ccccc1)c1ccccc1. The number of methoxy groups -OCH3 is 1.